The fraction of sp³-hybridized carbons (Fsp3) is 0.216. The zero-order chi connectivity index (χ0) is 34.8. The Morgan fingerprint density at radius 1 is 0.920 bits per heavy atom. The van der Waals surface area contributed by atoms with E-state index in [1.165, 1.54) is 12.1 Å². The minimum Gasteiger partial charge on any atom is -0.322 e. The van der Waals surface area contributed by atoms with Gasteiger partial charge in [0.05, 0.1) is 23.7 Å². The van der Waals surface area contributed by atoms with Crippen LogP contribution in [0.2, 0.25) is 0 Å². The molecule has 0 atom stereocenters. The Morgan fingerprint density at radius 2 is 1.64 bits per heavy atom. The van der Waals surface area contributed by atoms with Gasteiger partial charge in [0, 0.05) is 61.9 Å². The second-order valence-electron chi connectivity index (χ2n) is 12.2. The maximum absolute atomic E-state index is 14.2. The van der Waals surface area contributed by atoms with Crippen LogP contribution in [-0.4, -0.2) is 78.1 Å². The standard InChI is InChI=1S/C37H32F3N9O/c1-25-7-8-27(36(50)45-29-11-9-28(33(21-29)37(38,39)40)24-47-17-15-46(2)16-18-47)20-32(25)26(19-31-23-42-35-6-4-14-44-49(31)35)10-12-30-22-41-34-5-3-13-43-48(30)34/h3-9,11,13-14,19-23H,15-18,24H2,1-2H3,(H,45,50)/b26-19+. The third-order valence-corrected chi connectivity index (χ3v) is 8.65. The molecule has 50 heavy (non-hydrogen) atoms. The van der Waals surface area contributed by atoms with Crippen molar-refractivity contribution >= 4 is 34.5 Å². The summed E-state index contributed by atoms with van der Waals surface area (Å²) >= 11 is 0. The smallest absolute Gasteiger partial charge is 0.322 e. The number of rotatable bonds is 6. The maximum atomic E-state index is 14.2. The molecule has 13 heteroatoms. The largest absolute Gasteiger partial charge is 0.416 e. The van der Waals surface area contributed by atoms with Gasteiger partial charge < -0.3 is 10.2 Å². The van der Waals surface area contributed by atoms with Gasteiger partial charge in [-0.3, -0.25) is 9.69 Å². The van der Waals surface area contributed by atoms with E-state index >= 15 is 0 Å². The molecule has 1 N–H and O–H groups in total. The average Bonchev–Trinajstić information content (AvgIpc) is 3.72. The number of piperazine rings is 1. The van der Waals surface area contributed by atoms with Crippen molar-refractivity contribution in [3.63, 3.8) is 0 Å². The van der Waals surface area contributed by atoms with Crippen LogP contribution in [0.5, 0.6) is 0 Å². The van der Waals surface area contributed by atoms with E-state index in [1.54, 1.807) is 64.2 Å². The van der Waals surface area contributed by atoms with Gasteiger partial charge in [-0.25, -0.2) is 19.0 Å². The Morgan fingerprint density at radius 3 is 2.40 bits per heavy atom. The fourth-order valence-corrected chi connectivity index (χ4v) is 5.88. The molecular formula is C37H32F3N9O. The molecule has 0 saturated carbocycles. The van der Waals surface area contributed by atoms with E-state index in [2.05, 4.69) is 42.2 Å². The van der Waals surface area contributed by atoms with Crippen molar-refractivity contribution in [3.8, 4) is 11.8 Å². The molecule has 4 aromatic heterocycles. The average molecular weight is 676 g/mol. The summed E-state index contributed by atoms with van der Waals surface area (Å²) < 4.78 is 46.0. The molecule has 1 fully saturated rings. The van der Waals surface area contributed by atoms with Gasteiger partial charge in [0.2, 0.25) is 0 Å². The van der Waals surface area contributed by atoms with Gasteiger partial charge in [-0.1, -0.05) is 18.1 Å². The lowest BCUT2D eigenvalue weighted by atomic mass is 9.97. The normalized spacial score (nSPS) is 14.5. The number of nitrogens with one attached hydrogen (secondary N) is 1. The quantitative estimate of drug-likeness (QED) is 0.227. The Hall–Kier alpha value is -5.84. The molecule has 1 saturated heterocycles. The highest BCUT2D eigenvalue weighted by atomic mass is 19.4. The number of allylic oxidation sites excluding steroid dienone is 1. The zero-order valence-corrected chi connectivity index (χ0v) is 27.3. The maximum Gasteiger partial charge on any atom is 0.416 e. The fourth-order valence-electron chi connectivity index (χ4n) is 5.88. The highest BCUT2D eigenvalue weighted by molar-refractivity contribution is 6.05. The molecule has 0 radical (unpaired) electrons. The van der Waals surface area contributed by atoms with E-state index in [9.17, 15) is 18.0 Å². The van der Waals surface area contributed by atoms with Crippen molar-refractivity contribution in [1.82, 2.24) is 39.0 Å². The molecule has 0 bridgehead atoms. The number of hydrogen-bond acceptors (Lipinski definition) is 7. The number of anilines is 1. The Bertz CT molecular complexity index is 2300. The monoisotopic (exact) mass is 675 g/mol. The summed E-state index contributed by atoms with van der Waals surface area (Å²) in [5.41, 5.74) is 4.26. The minimum absolute atomic E-state index is 0.0547. The molecule has 1 aliphatic rings. The first-order valence-corrected chi connectivity index (χ1v) is 16.0. The molecule has 2 aromatic carbocycles. The summed E-state index contributed by atoms with van der Waals surface area (Å²) in [5.74, 6) is 5.84. The van der Waals surface area contributed by atoms with Crippen LogP contribution >= 0.6 is 0 Å². The van der Waals surface area contributed by atoms with Crippen LogP contribution in [0.3, 0.4) is 0 Å². The molecular weight excluding hydrogens is 643 g/mol. The van der Waals surface area contributed by atoms with Gasteiger partial charge in [0.1, 0.15) is 5.69 Å². The Balaban J connectivity index is 1.21. The van der Waals surface area contributed by atoms with Crippen molar-refractivity contribution in [1.29, 1.82) is 0 Å². The van der Waals surface area contributed by atoms with E-state index in [1.807, 2.05) is 37.1 Å². The lowest BCUT2D eigenvalue weighted by Crippen LogP contribution is -2.44. The van der Waals surface area contributed by atoms with Crippen LogP contribution in [0.1, 0.15) is 44.0 Å². The zero-order valence-electron chi connectivity index (χ0n) is 27.3. The van der Waals surface area contributed by atoms with E-state index in [0.717, 1.165) is 24.7 Å². The van der Waals surface area contributed by atoms with E-state index in [-0.39, 0.29) is 23.4 Å². The highest BCUT2D eigenvalue weighted by Crippen LogP contribution is 2.35. The lowest BCUT2D eigenvalue weighted by Gasteiger charge is -2.33. The number of likely N-dealkylation sites (N-methyl/N-ethyl adjacent to an activating group) is 1. The van der Waals surface area contributed by atoms with E-state index in [0.29, 0.717) is 46.9 Å². The number of halogens is 3. The molecule has 6 aromatic rings. The van der Waals surface area contributed by atoms with Crippen molar-refractivity contribution in [2.45, 2.75) is 19.6 Å². The van der Waals surface area contributed by atoms with Crippen LogP contribution < -0.4 is 5.32 Å². The minimum atomic E-state index is -4.58. The van der Waals surface area contributed by atoms with Crippen LogP contribution in [0.15, 0.2) is 85.5 Å². The number of aryl methyl sites for hydroxylation is 1. The number of benzene rings is 2. The SMILES string of the molecule is Cc1ccc(C(=O)Nc2ccc(CN3CCN(C)CC3)c(C(F)(F)F)c2)cc1/C(C#Cc1cnc2cccnn12)=C/c1cnc2cccnn12. The third kappa shape index (κ3) is 6.98. The second-order valence-corrected chi connectivity index (χ2v) is 12.2. The Kier molecular flexibility index (Phi) is 8.88. The number of nitrogens with zero attached hydrogens (tertiary/aromatic N) is 8. The number of hydrogen-bond donors (Lipinski definition) is 1. The van der Waals surface area contributed by atoms with Crippen molar-refractivity contribution in [3.05, 3.63) is 125 Å². The highest BCUT2D eigenvalue weighted by Gasteiger charge is 2.34. The van der Waals surface area contributed by atoms with Crippen molar-refractivity contribution in [2.75, 3.05) is 38.5 Å². The number of imidazole rings is 2. The molecule has 252 valence electrons. The first-order chi connectivity index (χ1) is 24.1. The molecule has 0 spiro atoms. The van der Waals surface area contributed by atoms with Crippen LogP contribution in [0, 0.1) is 18.8 Å². The first-order valence-electron chi connectivity index (χ1n) is 16.0. The molecule has 1 aliphatic heterocycles. The number of fused-ring (bicyclic) bond motifs is 2. The number of carbonyl (C=O) groups is 1. The van der Waals surface area contributed by atoms with Gasteiger partial charge in [-0.05, 0) is 91.2 Å². The molecule has 7 rings (SSSR count). The van der Waals surface area contributed by atoms with Crippen LogP contribution in [0.4, 0.5) is 18.9 Å². The van der Waals surface area contributed by atoms with Crippen LogP contribution in [0.25, 0.3) is 22.9 Å². The number of carbonyl (C=O) groups excluding carboxylic acids is 1. The first kappa shape index (κ1) is 32.7. The number of aromatic nitrogens is 6. The summed E-state index contributed by atoms with van der Waals surface area (Å²) in [6, 6.07) is 16.3. The van der Waals surface area contributed by atoms with E-state index in [4.69, 9.17) is 0 Å². The van der Waals surface area contributed by atoms with Crippen molar-refractivity contribution < 1.29 is 18.0 Å². The van der Waals surface area contributed by atoms with Gasteiger partial charge in [-0.2, -0.15) is 23.4 Å². The van der Waals surface area contributed by atoms with Gasteiger partial charge in [0.25, 0.3) is 5.91 Å². The van der Waals surface area contributed by atoms with Crippen molar-refractivity contribution in [2.24, 2.45) is 0 Å². The van der Waals surface area contributed by atoms with Gasteiger partial charge in [-0.15, -0.1) is 0 Å². The van der Waals surface area contributed by atoms with Gasteiger partial charge in [0.15, 0.2) is 11.3 Å². The molecule has 5 heterocycles. The predicted molar refractivity (Wildman–Crippen MR) is 184 cm³/mol. The summed E-state index contributed by atoms with van der Waals surface area (Å²) in [5, 5.41) is 11.4. The lowest BCUT2D eigenvalue weighted by molar-refractivity contribution is -0.138. The second kappa shape index (κ2) is 13.6. The molecule has 0 aliphatic carbocycles. The summed E-state index contributed by atoms with van der Waals surface area (Å²) in [7, 11) is 2.00. The summed E-state index contributed by atoms with van der Waals surface area (Å²) in [6.07, 6.45) is 3.85. The summed E-state index contributed by atoms with van der Waals surface area (Å²) in [6.45, 7) is 5.04. The molecule has 10 nitrogen and oxygen atoms in total. The molecule has 1 amide bonds. The number of amides is 1. The Labute approximate surface area is 285 Å². The predicted octanol–water partition coefficient (Wildman–Crippen LogP) is 5.69. The third-order valence-electron chi connectivity index (χ3n) is 8.65. The topological polar surface area (TPSA) is 96.0 Å². The van der Waals surface area contributed by atoms with Gasteiger partial charge >= 0.3 is 6.18 Å². The van der Waals surface area contributed by atoms with Crippen LogP contribution in [-0.2, 0) is 12.7 Å². The van der Waals surface area contributed by atoms with E-state index < -0.39 is 17.6 Å². The summed E-state index contributed by atoms with van der Waals surface area (Å²) in [4.78, 5) is 26.5. The molecule has 0 unspecified atom stereocenters. The number of alkyl halides is 3.